The highest BCUT2D eigenvalue weighted by Gasteiger charge is 2.11. The Kier molecular flexibility index (Phi) is 5.53. The van der Waals surface area contributed by atoms with Crippen molar-refractivity contribution in [1.82, 2.24) is 9.97 Å². The van der Waals surface area contributed by atoms with Gasteiger partial charge in [-0.1, -0.05) is 96.3 Å². The van der Waals surface area contributed by atoms with Gasteiger partial charge < -0.3 is 0 Å². The summed E-state index contributed by atoms with van der Waals surface area (Å²) in [5, 5.41) is 2.02. The molecule has 0 spiro atoms. The Labute approximate surface area is 162 Å². The van der Waals surface area contributed by atoms with Crippen LogP contribution in [0.3, 0.4) is 0 Å². The summed E-state index contributed by atoms with van der Waals surface area (Å²) in [5.41, 5.74) is 4.50. The molecule has 0 aliphatic rings. The van der Waals surface area contributed by atoms with Crippen molar-refractivity contribution in [3.8, 4) is 0 Å². The highest BCUT2D eigenvalue weighted by molar-refractivity contribution is 8.01. The van der Waals surface area contributed by atoms with Crippen LogP contribution in [0, 0.1) is 0 Å². The van der Waals surface area contributed by atoms with E-state index in [1.165, 1.54) is 11.1 Å². The maximum absolute atomic E-state index is 4.88. The summed E-state index contributed by atoms with van der Waals surface area (Å²) in [5.74, 6) is 1.79. The number of aromatic nitrogens is 2. The summed E-state index contributed by atoms with van der Waals surface area (Å²) in [6, 6.07) is 29.1. The molecule has 0 bridgehead atoms. The van der Waals surface area contributed by atoms with Crippen molar-refractivity contribution in [2.24, 2.45) is 0 Å². The third-order valence-corrected chi connectivity index (χ3v) is 6.15. The summed E-state index contributed by atoms with van der Waals surface area (Å²) < 4.78 is 0. The van der Waals surface area contributed by atoms with Crippen molar-refractivity contribution in [2.75, 3.05) is 0 Å². The summed E-state index contributed by atoms with van der Waals surface area (Å²) in [6.45, 7) is 0. The quantitative estimate of drug-likeness (QED) is 0.374. The molecule has 0 radical (unpaired) electrons. The average Bonchev–Trinajstić information content (AvgIpc) is 2.72. The predicted molar refractivity (Wildman–Crippen MR) is 112 cm³/mol. The van der Waals surface area contributed by atoms with E-state index in [-0.39, 0.29) is 0 Å². The number of hydrogen-bond acceptors (Lipinski definition) is 4. The molecule has 0 aliphatic heterocycles. The highest BCUT2D eigenvalue weighted by Crippen LogP contribution is 2.33. The van der Waals surface area contributed by atoms with Gasteiger partial charge in [0, 0.05) is 11.5 Å². The molecule has 0 aliphatic carbocycles. The van der Waals surface area contributed by atoms with Crippen LogP contribution in [-0.2, 0) is 11.5 Å². The Morgan fingerprint density at radius 2 is 0.885 bits per heavy atom. The highest BCUT2D eigenvalue weighted by atomic mass is 32.2. The zero-order valence-corrected chi connectivity index (χ0v) is 15.8. The van der Waals surface area contributed by atoms with Crippen LogP contribution in [0.2, 0.25) is 0 Å². The van der Waals surface area contributed by atoms with E-state index in [9.17, 15) is 0 Å². The molecule has 26 heavy (non-hydrogen) atoms. The molecule has 4 aromatic rings. The van der Waals surface area contributed by atoms with E-state index in [0.29, 0.717) is 0 Å². The monoisotopic (exact) mass is 374 g/mol. The first-order valence-electron chi connectivity index (χ1n) is 8.49. The van der Waals surface area contributed by atoms with Gasteiger partial charge in [-0.25, -0.2) is 9.97 Å². The maximum Gasteiger partial charge on any atom is 0.129 e. The molecule has 0 fully saturated rings. The number of fused-ring (bicyclic) bond motifs is 1. The first-order chi connectivity index (χ1) is 12.9. The number of para-hydroxylation sites is 2. The van der Waals surface area contributed by atoms with Crippen LogP contribution in [0.4, 0.5) is 0 Å². The van der Waals surface area contributed by atoms with Crippen LogP contribution < -0.4 is 0 Å². The van der Waals surface area contributed by atoms with E-state index in [1.807, 2.05) is 36.4 Å². The van der Waals surface area contributed by atoms with Crippen LogP contribution in [0.5, 0.6) is 0 Å². The first kappa shape index (κ1) is 17.1. The van der Waals surface area contributed by atoms with Gasteiger partial charge in [-0.15, -0.1) is 0 Å². The molecular formula is C22H18N2S2. The van der Waals surface area contributed by atoms with Gasteiger partial charge in [0.25, 0.3) is 0 Å². The van der Waals surface area contributed by atoms with Gasteiger partial charge in [0.15, 0.2) is 0 Å². The zero-order chi connectivity index (χ0) is 17.6. The number of hydrogen-bond donors (Lipinski definition) is 0. The van der Waals surface area contributed by atoms with Crippen molar-refractivity contribution >= 4 is 34.6 Å². The van der Waals surface area contributed by atoms with Crippen molar-refractivity contribution in [3.63, 3.8) is 0 Å². The van der Waals surface area contributed by atoms with Crippen molar-refractivity contribution in [3.05, 3.63) is 96.1 Å². The second-order valence-corrected chi connectivity index (χ2v) is 7.80. The molecule has 0 amide bonds. The second kappa shape index (κ2) is 8.39. The fourth-order valence-corrected chi connectivity index (χ4v) is 4.62. The lowest BCUT2D eigenvalue weighted by molar-refractivity contribution is 0.967. The number of thioether (sulfide) groups is 2. The van der Waals surface area contributed by atoms with E-state index >= 15 is 0 Å². The van der Waals surface area contributed by atoms with Crippen LogP contribution in [-0.4, -0.2) is 9.97 Å². The molecule has 2 nitrogen and oxygen atoms in total. The van der Waals surface area contributed by atoms with Gasteiger partial charge in [0.1, 0.15) is 10.1 Å². The summed E-state index contributed by atoms with van der Waals surface area (Å²) in [4.78, 5) is 9.76. The topological polar surface area (TPSA) is 25.8 Å². The van der Waals surface area contributed by atoms with Crippen molar-refractivity contribution < 1.29 is 0 Å². The number of nitrogens with zero attached hydrogens (tertiary/aromatic N) is 2. The molecule has 4 rings (SSSR count). The molecule has 1 heterocycles. The summed E-state index contributed by atoms with van der Waals surface area (Å²) in [6.07, 6.45) is 0. The summed E-state index contributed by atoms with van der Waals surface area (Å²) in [7, 11) is 0. The standard InChI is InChI=1S/C22H18N2S2/c1-3-9-17(10-4-1)15-25-21-22(26-16-18-11-5-2-6-12-18)24-20-14-8-7-13-19(20)23-21/h1-14H,15-16H2. The minimum absolute atomic E-state index is 0.896. The van der Waals surface area contributed by atoms with E-state index in [0.717, 1.165) is 32.6 Å². The van der Waals surface area contributed by atoms with Crippen LogP contribution in [0.25, 0.3) is 11.0 Å². The Bertz CT molecular complexity index is 907. The molecule has 1 aromatic heterocycles. The minimum atomic E-state index is 0.896. The predicted octanol–water partition coefficient (Wildman–Crippen LogP) is 6.21. The molecule has 0 saturated heterocycles. The Morgan fingerprint density at radius 3 is 1.31 bits per heavy atom. The molecule has 0 N–H and O–H groups in total. The molecular weight excluding hydrogens is 356 g/mol. The zero-order valence-electron chi connectivity index (χ0n) is 14.2. The van der Waals surface area contributed by atoms with E-state index in [4.69, 9.17) is 9.97 Å². The van der Waals surface area contributed by atoms with Crippen molar-refractivity contribution in [2.45, 2.75) is 21.6 Å². The van der Waals surface area contributed by atoms with E-state index < -0.39 is 0 Å². The molecule has 3 aromatic carbocycles. The molecule has 0 atom stereocenters. The maximum atomic E-state index is 4.88. The largest absolute Gasteiger partial charge is 0.237 e. The second-order valence-electron chi connectivity index (χ2n) is 5.87. The first-order valence-corrected chi connectivity index (χ1v) is 10.5. The lowest BCUT2D eigenvalue weighted by Crippen LogP contribution is -1.93. The smallest absolute Gasteiger partial charge is 0.129 e. The van der Waals surface area contributed by atoms with Crippen LogP contribution >= 0.6 is 23.5 Å². The molecule has 0 unspecified atom stereocenters. The fraction of sp³-hybridized carbons (Fsp3) is 0.0909. The minimum Gasteiger partial charge on any atom is -0.237 e. The van der Waals surface area contributed by atoms with Gasteiger partial charge >= 0.3 is 0 Å². The fourth-order valence-electron chi connectivity index (χ4n) is 2.61. The van der Waals surface area contributed by atoms with Gasteiger partial charge in [0.05, 0.1) is 11.0 Å². The normalized spacial score (nSPS) is 10.9. The number of benzene rings is 3. The Balaban J connectivity index is 1.60. The summed E-state index contributed by atoms with van der Waals surface area (Å²) >= 11 is 3.51. The Hall–Kier alpha value is -2.30. The third-order valence-electron chi connectivity index (χ3n) is 3.95. The van der Waals surface area contributed by atoms with Crippen LogP contribution in [0.15, 0.2) is 95.0 Å². The van der Waals surface area contributed by atoms with E-state index in [1.54, 1.807) is 23.5 Å². The Morgan fingerprint density at radius 1 is 0.500 bits per heavy atom. The van der Waals surface area contributed by atoms with Gasteiger partial charge in [-0.05, 0) is 23.3 Å². The van der Waals surface area contributed by atoms with Gasteiger partial charge in [0.2, 0.25) is 0 Å². The van der Waals surface area contributed by atoms with Crippen molar-refractivity contribution in [1.29, 1.82) is 0 Å². The van der Waals surface area contributed by atoms with E-state index in [2.05, 4.69) is 48.5 Å². The lowest BCUT2D eigenvalue weighted by Gasteiger charge is -2.09. The SMILES string of the molecule is c1ccc(CSc2nc3ccccc3nc2SCc2ccccc2)cc1. The lowest BCUT2D eigenvalue weighted by atomic mass is 10.2. The molecule has 4 heteroatoms. The molecule has 128 valence electrons. The average molecular weight is 375 g/mol. The van der Waals surface area contributed by atoms with Gasteiger partial charge in [-0.3, -0.25) is 0 Å². The number of rotatable bonds is 6. The molecule has 0 saturated carbocycles. The van der Waals surface area contributed by atoms with Gasteiger partial charge in [-0.2, -0.15) is 0 Å². The van der Waals surface area contributed by atoms with Crippen LogP contribution in [0.1, 0.15) is 11.1 Å². The third kappa shape index (κ3) is 4.26.